The largest absolute Gasteiger partial charge is 0.477 e. The molecule has 92 valence electrons. The molecule has 0 saturated heterocycles. The zero-order valence-electron chi connectivity index (χ0n) is 8.79. The Hall–Kier alpha value is -1.92. The molecule has 18 heavy (non-hydrogen) atoms. The van der Waals surface area contributed by atoms with Crippen molar-refractivity contribution in [2.75, 3.05) is 0 Å². The molecule has 1 aromatic heterocycles. The molecule has 0 saturated carbocycles. The average molecular weight is 284 g/mol. The molecule has 0 atom stereocenters. The Bertz CT molecular complexity index is 611. The minimum atomic E-state index is -1.21. The number of esters is 1. The minimum Gasteiger partial charge on any atom is -0.477 e. The van der Waals surface area contributed by atoms with Crippen molar-refractivity contribution >= 4 is 34.9 Å². The molecule has 0 unspecified atom stereocenters. The van der Waals surface area contributed by atoms with Gasteiger partial charge in [-0.15, -0.1) is 11.3 Å². The van der Waals surface area contributed by atoms with Crippen molar-refractivity contribution in [2.45, 2.75) is 0 Å². The number of nitrogens with zero attached hydrogens (tertiary/aromatic N) is 1. The normalized spacial score (nSPS) is 10.1. The lowest BCUT2D eigenvalue weighted by atomic mass is 10.3. The van der Waals surface area contributed by atoms with E-state index >= 15 is 0 Å². The molecule has 5 nitrogen and oxygen atoms in total. The minimum absolute atomic E-state index is 0.151. The van der Waals surface area contributed by atoms with Crippen molar-refractivity contribution in [3.63, 3.8) is 0 Å². The Balaban J connectivity index is 2.22. The molecular formula is C11H6ClNO4S. The van der Waals surface area contributed by atoms with Crippen LogP contribution in [0.1, 0.15) is 20.2 Å². The average Bonchev–Trinajstić information content (AvgIpc) is 2.77. The maximum Gasteiger partial charge on any atom is 0.364 e. The van der Waals surface area contributed by atoms with E-state index in [4.69, 9.17) is 21.4 Å². The quantitative estimate of drug-likeness (QED) is 0.692. The Morgan fingerprint density at radius 2 is 2.17 bits per heavy atom. The topological polar surface area (TPSA) is 76.5 Å². The Kier molecular flexibility index (Phi) is 3.59. The predicted molar refractivity (Wildman–Crippen MR) is 65.5 cm³/mol. The molecule has 2 aromatic rings. The lowest BCUT2D eigenvalue weighted by Gasteiger charge is -2.03. The molecular weight excluding hydrogens is 278 g/mol. The summed E-state index contributed by atoms with van der Waals surface area (Å²) in [6, 6.07) is 6.23. The van der Waals surface area contributed by atoms with Gasteiger partial charge in [0.25, 0.3) is 0 Å². The van der Waals surface area contributed by atoms with Crippen LogP contribution < -0.4 is 4.74 Å². The lowest BCUT2D eigenvalue weighted by molar-refractivity contribution is 0.0670. The number of benzene rings is 1. The molecule has 7 heteroatoms. The van der Waals surface area contributed by atoms with Crippen LogP contribution in [0.4, 0.5) is 0 Å². The maximum absolute atomic E-state index is 11.7. The van der Waals surface area contributed by atoms with Crippen LogP contribution in [0.5, 0.6) is 5.75 Å². The standard InChI is InChI=1S/C11H6ClNO4S/c12-6-2-1-3-7(4-6)17-11(16)8-9(10(14)15)18-5-13-8/h1-5H,(H,14,15). The van der Waals surface area contributed by atoms with E-state index in [0.29, 0.717) is 5.02 Å². The summed E-state index contributed by atoms with van der Waals surface area (Å²) in [4.78, 5) is 26.1. The highest BCUT2D eigenvalue weighted by molar-refractivity contribution is 7.12. The molecule has 0 aliphatic heterocycles. The molecule has 0 amide bonds. The second kappa shape index (κ2) is 5.16. The van der Waals surface area contributed by atoms with Crippen LogP contribution in [0.15, 0.2) is 29.8 Å². The summed E-state index contributed by atoms with van der Waals surface area (Å²) in [5, 5.41) is 9.27. The fraction of sp³-hybridized carbons (Fsp3) is 0. The van der Waals surface area contributed by atoms with Crippen LogP contribution in [0, 0.1) is 0 Å². The van der Waals surface area contributed by atoms with E-state index in [0.717, 1.165) is 11.3 Å². The number of carboxylic acids is 1. The summed E-state index contributed by atoms with van der Waals surface area (Å²) in [6.45, 7) is 0. The van der Waals surface area contributed by atoms with Crippen LogP contribution >= 0.6 is 22.9 Å². The van der Waals surface area contributed by atoms with E-state index in [9.17, 15) is 9.59 Å². The summed E-state index contributed by atoms with van der Waals surface area (Å²) < 4.78 is 4.99. The van der Waals surface area contributed by atoms with Crippen molar-refractivity contribution < 1.29 is 19.4 Å². The van der Waals surface area contributed by atoms with Gasteiger partial charge >= 0.3 is 11.9 Å². The summed E-state index contributed by atoms with van der Waals surface area (Å²) in [5.74, 6) is -1.80. The van der Waals surface area contributed by atoms with Crippen molar-refractivity contribution in [3.8, 4) is 5.75 Å². The fourth-order valence-electron chi connectivity index (χ4n) is 1.23. The number of hydrogen-bond acceptors (Lipinski definition) is 5. The number of ether oxygens (including phenoxy) is 1. The van der Waals surface area contributed by atoms with Gasteiger partial charge in [-0.05, 0) is 18.2 Å². The molecule has 0 fully saturated rings. The van der Waals surface area contributed by atoms with Crippen molar-refractivity contribution in [2.24, 2.45) is 0 Å². The molecule has 1 N–H and O–H groups in total. The summed E-state index contributed by atoms with van der Waals surface area (Å²) in [7, 11) is 0. The van der Waals surface area contributed by atoms with E-state index in [2.05, 4.69) is 4.98 Å². The van der Waals surface area contributed by atoms with E-state index in [1.54, 1.807) is 12.1 Å². The number of halogens is 1. The third-order valence-electron chi connectivity index (χ3n) is 1.96. The van der Waals surface area contributed by atoms with Gasteiger partial charge in [-0.1, -0.05) is 17.7 Å². The lowest BCUT2D eigenvalue weighted by Crippen LogP contribution is -2.13. The van der Waals surface area contributed by atoms with Gasteiger partial charge in [-0.3, -0.25) is 0 Å². The zero-order chi connectivity index (χ0) is 13.1. The smallest absolute Gasteiger partial charge is 0.364 e. The van der Waals surface area contributed by atoms with Crippen molar-refractivity contribution in [1.29, 1.82) is 0 Å². The molecule has 0 aliphatic rings. The monoisotopic (exact) mass is 283 g/mol. The summed E-state index contributed by atoms with van der Waals surface area (Å²) in [6.07, 6.45) is 0. The number of thiazole rings is 1. The number of aromatic carboxylic acids is 1. The second-order valence-electron chi connectivity index (χ2n) is 3.18. The molecule has 0 aliphatic carbocycles. The van der Waals surface area contributed by atoms with Gasteiger partial charge < -0.3 is 9.84 Å². The highest BCUT2D eigenvalue weighted by Gasteiger charge is 2.21. The highest BCUT2D eigenvalue weighted by Crippen LogP contribution is 2.20. The third kappa shape index (κ3) is 2.66. The van der Waals surface area contributed by atoms with Crippen LogP contribution in [-0.4, -0.2) is 22.0 Å². The van der Waals surface area contributed by atoms with Gasteiger partial charge in [0, 0.05) is 5.02 Å². The van der Waals surface area contributed by atoms with Crippen molar-refractivity contribution in [1.82, 2.24) is 4.98 Å². The number of rotatable bonds is 3. The van der Waals surface area contributed by atoms with E-state index in [-0.39, 0.29) is 16.3 Å². The number of carbonyl (C=O) groups is 2. The maximum atomic E-state index is 11.7. The third-order valence-corrected chi connectivity index (χ3v) is 3.01. The Labute approximate surface area is 111 Å². The van der Waals surface area contributed by atoms with E-state index in [1.807, 2.05) is 0 Å². The zero-order valence-corrected chi connectivity index (χ0v) is 10.4. The molecule has 0 spiro atoms. The van der Waals surface area contributed by atoms with Crippen molar-refractivity contribution in [3.05, 3.63) is 45.4 Å². The van der Waals surface area contributed by atoms with Gasteiger partial charge in [0.2, 0.25) is 0 Å². The van der Waals surface area contributed by atoms with E-state index < -0.39 is 11.9 Å². The van der Waals surface area contributed by atoms with Gasteiger partial charge in [-0.25, -0.2) is 14.6 Å². The fourth-order valence-corrected chi connectivity index (χ4v) is 2.02. The Morgan fingerprint density at radius 1 is 1.39 bits per heavy atom. The number of carbonyl (C=O) groups excluding carboxylic acids is 1. The number of carboxylic acid groups (broad SMARTS) is 1. The van der Waals surface area contributed by atoms with Crippen LogP contribution in [0.3, 0.4) is 0 Å². The first-order chi connectivity index (χ1) is 8.58. The predicted octanol–water partition coefficient (Wildman–Crippen LogP) is 2.71. The first-order valence-corrected chi connectivity index (χ1v) is 5.98. The van der Waals surface area contributed by atoms with Gasteiger partial charge in [-0.2, -0.15) is 0 Å². The van der Waals surface area contributed by atoms with Gasteiger partial charge in [0.05, 0.1) is 5.51 Å². The molecule has 0 bridgehead atoms. The molecule has 2 rings (SSSR count). The Morgan fingerprint density at radius 3 is 2.83 bits per heavy atom. The molecule has 0 radical (unpaired) electrons. The SMILES string of the molecule is O=C(Oc1cccc(Cl)c1)c1ncsc1C(=O)O. The van der Waals surface area contributed by atoms with Gasteiger partial charge in [0.1, 0.15) is 10.6 Å². The molecule has 1 aromatic carbocycles. The van der Waals surface area contributed by atoms with Crippen LogP contribution in [0.2, 0.25) is 5.02 Å². The summed E-state index contributed by atoms with van der Waals surface area (Å²) in [5.41, 5.74) is 1.06. The van der Waals surface area contributed by atoms with E-state index in [1.165, 1.54) is 17.6 Å². The van der Waals surface area contributed by atoms with Crippen LogP contribution in [-0.2, 0) is 0 Å². The first kappa shape index (κ1) is 12.5. The number of aromatic nitrogens is 1. The molecule has 1 heterocycles. The van der Waals surface area contributed by atoms with Crippen LogP contribution in [0.25, 0.3) is 0 Å². The van der Waals surface area contributed by atoms with Gasteiger partial charge in [0.15, 0.2) is 5.69 Å². The first-order valence-electron chi connectivity index (χ1n) is 4.72. The summed E-state index contributed by atoms with van der Waals surface area (Å²) >= 11 is 6.60. The number of hydrogen-bond donors (Lipinski definition) is 1. The highest BCUT2D eigenvalue weighted by atomic mass is 35.5. The second-order valence-corrected chi connectivity index (χ2v) is 4.47.